The van der Waals surface area contributed by atoms with Crippen LogP contribution in [0.15, 0.2) is 42.5 Å². The van der Waals surface area contributed by atoms with Crippen LogP contribution in [-0.4, -0.2) is 59.8 Å². The van der Waals surface area contributed by atoms with Gasteiger partial charge >= 0.3 is 6.09 Å². The number of nitrogens with zero attached hydrogens (tertiary/aromatic N) is 5. The first kappa shape index (κ1) is 23.8. The molecule has 0 aliphatic carbocycles. The van der Waals surface area contributed by atoms with Crippen molar-refractivity contribution in [1.82, 2.24) is 14.9 Å². The zero-order valence-corrected chi connectivity index (χ0v) is 20.6. The molecule has 1 aliphatic rings. The SMILES string of the molecule is CN(c1cccc(N2CCN(C(=O)OC(C)(C)C)CC2)c1)c1nc(NN)nc2cc(Cl)ccc12. The third kappa shape index (κ3) is 5.26. The molecule has 0 unspecified atom stereocenters. The van der Waals surface area contributed by atoms with Crippen molar-refractivity contribution in [3.63, 3.8) is 0 Å². The van der Waals surface area contributed by atoms with E-state index in [0.717, 1.165) is 29.9 Å². The summed E-state index contributed by atoms with van der Waals surface area (Å²) in [5.74, 6) is 6.63. The fourth-order valence-electron chi connectivity index (χ4n) is 3.90. The first-order valence-corrected chi connectivity index (χ1v) is 11.5. The summed E-state index contributed by atoms with van der Waals surface area (Å²) in [5, 5.41) is 1.46. The Hall–Kier alpha value is -3.30. The minimum Gasteiger partial charge on any atom is -0.444 e. The number of halogens is 1. The number of aromatic nitrogens is 2. The number of anilines is 4. The smallest absolute Gasteiger partial charge is 0.410 e. The molecule has 2 aromatic carbocycles. The zero-order chi connectivity index (χ0) is 24.5. The predicted molar refractivity (Wildman–Crippen MR) is 137 cm³/mol. The van der Waals surface area contributed by atoms with Crippen LogP contribution in [0.5, 0.6) is 0 Å². The van der Waals surface area contributed by atoms with Gasteiger partial charge in [-0.25, -0.2) is 15.6 Å². The molecular weight excluding hydrogens is 454 g/mol. The molecule has 34 heavy (non-hydrogen) atoms. The first-order chi connectivity index (χ1) is 16.1. The summed E-state index contributed by atoms with van der Waals surface area (Å²) < 4.78 is 5.51. The molecule has 1 aromatic heterocycles. The maximum Gasteiger partial charge on any atom is 0.410 e. The van der Waals surface area contributed by atoms with Crippen LogP contribution in [0.3, 0.4) is 0 Å². The molecule has 0 saturated carbocycles. The average molecular weight is 484 g/mol. The van der Waals surface area contributed by atoms with Gasteiger partial charge in [0.25, 0.3) is 0 Å². The molecule has 4 rings (SSSR count). The Kier molecular flexibility index (Phi) is 6.67. The first-order valence-electron chi connectivity index (χ1n) is 11.2. The van der Waals surface area contributed by atoms with E-state index >= 15 is 0 Å². The number of benzene rings is 2. The quantitative estimate of drug-likeness (QED) is 0.416. The van der Waals surface area contributed by atoms with Gasteiger partial charge in [0, 0.05) is 55.0 Å². The van der Waals surface area contributed by atoms with Crippen molar-refractivity contribution in [2.75, 3.05) is 48.5 Å². The number of piperazine rings is 1. The summed E-state index contributed by atoms with van der Waals surface area (Å²) in [5.41, 5.74) is 4.78. The van der Waals surface area contributed by atoms with Crippen LogP contribution in [0.25, 0.3) is 10.9 Å². The third-order valence-corrected chi connectivity index (χ3v) is 5.83. The summed E-state index contributed by atoms with van der Waals surface area (Å²) in [6.07, 6.45) is -0.263. The zero-order valence-electron chi connectivity index (χ0n) is 19.9. The van der Waals surface area contributed by atoms with Crippen LogP contribution in [0, 0.1) is 0 Å². The molecular formula is C24H30ClN7O2. The Balaban J connectivity index is 1.54. The minimum atomic E-state index is -0.497. The van der Waals surface area contributed by atoms with Crippen molar-refractivity contribution in [3.8, 4) is 0 Å². The maximum atomic E-state index is 12.4. The Morgan fingerprint density at radius 3 is 2.53 bits per heavy atom. The van der Waals surface area contributed by atoms with Crippen LogP contribution >= 0.6 is 11.6 Å². The van der Waals surface area contributed by atoms with Crippen molar-refractivity contribution >= 4 is 51.7 Å². The molecule has 1 amide bonds. The van der Waals surface area contributed by atoms with Crippen molar-refractivity contribution < 1.29 is 9.53 Å². The number of nitrogen functional groups attached to an aromatic ring is 1. The van der Waals surface area contributed by atoms with E-state index in [1.165, 1.54) is 0 Å². The highest BCUT2D eigenvalue weighted by Crippen LogP contribution is 2.33. The average Bonchev–Trinajstić information content (AvgIpc) is 2.81. The topological polar surface area (TPSA) is 99.8 Å². The van der Waals surface area contributed by atoms with Gasteiger partial charge in [-0.15, -0.1) is 0 Å². The van der Waals surface area contributed by atoms with Crippen LogP contribution < -0.4 is 21.1 Å². The van der Waals surface area contributed by atoms with E-state index in [9.17, 15) is 4.79 Å². The van der Waals surface area contributed by atoms with E-state index in [1.807, 2.05) is 57.0 Å². The Labute approximate surface area is 204 Å². The molecule has 9 nitrogen and oxygen atoms in total. The lowest BCUT2D eigenvalue weighted by Gasteiger charge is -2.37. The Bertz CT molecular complexity index is 1190. The summed E-state index contributed by atoms with van der Waals surface area (Å²) in [4.78, 5) is 27.4. The van der Waals surface area contributed by atoms with Gasteiger partial charge in [-0.1, -0.05) is 17.7 Å². The lowest BCUT2D eigenvalue weighted by molar-refractivity contribution is 0.0240. The summed E-state index contributed by atoms with van der Waals surface area (Å²) >= 11 is 6.17. The molecule has 2 heterocycles. The maximum absolute atomic E-state index is 12.4. The highest BCUT2D eigenvalue weighted by Gasteiger charge is 2.26. The number of hydrazine groups is 1. The molecule has 1 saturated heterocycles. The van der Waals surface area contributed by atoms with Crippen molar-refractivity contribution in [3.05, 3.63) is 47.5 Å². The Morgan fingerprint density at radius 2 is 1.85 bits per heavy atom. The second-order valence-electron chi connectivity index (χ2n) is 9.21. The lowest BCUT2D eigenvalue weighted by atomic mass is 10.2. The number of fused-ring (bicyclic) bond motifs is 1. The molecule has 180 valence electrons. The number of rotatable bonds is 4. The third-order valence-electron chi connectivity index (χ3n) is 5.60. The van der Waals surface area contributed by atoms with Gasteiger partial charge in [0.2, 0.25) is 5.95 Å². The molecule has 10 heteroatoms. The van der Waals surface area contributed by atoms with E-state index in [-0.39, 0.29) is 6.09 Å². The van der Waals surface area contributed by atoms with Gasteiger partial charge in [-0.2, -0.15) is 4.98 Å². The second-order valence-corrected chi connectivity index (χ2v) is 9.65. The number of carbonyl (C=O) groups excluding carboxylic acids is 1. The van der Waals surface area contributed by atoms with Crippen molar-refractivity contribution in [2.45, 2.75) is 26.4 Å². The number of ether oxygens (including phenoxy) is 1. The van der Waals surface area contributed by atoms with E-state index in [2.05, 4.69) is 32.4 Å². The highest BCUT2D eigenvalue weighted by molar-refractivity contribution is 6.31. The highest BCUT2D eigenvalue weighted by atomic mass is 35.5. The van der Waals surface area contributed by atoms with Gasteiger partial charge in [0.1, 0.15) is 11.4 Å². The number of hydrogen-bond acceptors (Lipinski definition) is 8. The van der Waals surface area contributed by atoms with E-state index < -0.39 is 5.60 Å². The van der Waals surface area contributed by atoms with Gasteiger partial charge < -0.3 is 19.4 Å². The minimum absolute atomic E-state index is 0.263. The summed E-state index contributed by atoms with van der Waals surface area (Å²) in [7, 11) is 1.95. The number of nitrogens with one attached hydrogen (secondary N) is 1. The van der Waals surface area contributed by atoms with E-state index in [4.69, 9.17) is 22.2 Å². The number of carbonyl (C=O) groups is 1. The number of nitrogens with two attached hydrogens (primary N) is 1. The normalized spacial score (nSPS) is 14.3. The molecule has 0 bridgehead atoms. The molecule has 0 spiro atoms. The number of hydrogen-bond donors (Lipinski definition) is 2. The van der Waals surface area contributed by atoms with Gasteiger partial charge in [0.05, 0.1) is 5.52 Å². The van der Waals surface area contributed by atoms with Crippen LogP contribution in [0.4, 0.5) is 27.9 Å². The molecule has 1 aliphatic heterocycles. The standard InChI is InChI=1S/C24H30ClN7O2/c1-24(2,3)34-23(33)32-12-10-31(11-13-32)18-7-5-6-17(15-18)30(4)21-19-9-8-16(25)14-20(19)27-22(28-21)29-26/h5-9,14-15H,10-13,26H2,1-4H3,(H,27,28,29). The summed E-state index contributed by atoms with van der Waals surface area (Å²) in [6, 6.07) is 13.7. The summed E-state index contributed by atoms with van der Waals surface area (Å²) in [6.45, 7) is 8.31. The van der Waals surface area contributed by atoms with Gasteiger partial charge in [0.15, 0.2) is 0 Å². The van der Waals surface area contributed by atoms with E-state index in [1.54, 1.807) is 11.0 Å². The predicted octanol–water partition coefficient (Wildman–Crippen LogP) is 4.39. The molecule has 0 radical (unpaired) electrons. The van der Waals surface area contributed by atoms with Gasteiger partial charge in [-0.05, 0) is 57.2 Å². The monoisotopic (exact) mass is 483 g/mol. The van der Waals surface area contributed by atoms with Crippen LogP contribution in [0.1, 0.15) is 20.8 Å². The molecule has 0 atom stereocenters. The molecule has 1 fully saturated rings. The fourth-order valence-corrected chi connectivity index (χ4v) is 4.07. The fraction of sp³-hybridized carbons (Fsp3) is 0.375. The van der Waals surface area contributed by atoms with E-state index in [0.29, 0.717) is 35.4 Å². The second kappa shape index (κ2) is 9.52. The molecule has 3 N–H and O–H groups in total. The molecule has 3 aromatic rings. The van der Waals surface area contributed by atoms with Gasteiger partial charge in [-0.3, -0.25) is 5.43 Å². The number of amides is 1. The largest absolute Gasteiger partial charge is 0.444 e. The Morgan fingerprint density at radius 1 is 1.12 bits per heavy atom. The van der Waals surface area contributed by atoms with Crippen molar-refractivity contribution in [2.24, 2.45) is 5.84 Å². The van der Waals surface area contributed by atoms with Crippen LogP contribution in [0.2, 0.25) is 5.02 Å². The van der Waals surface area contributed by atoms with Crippen molar-refractivity contribution in [1.29, 1.82) is 0 Å². The van der Waals surface area contributed by atoms with Crippen LogP contribution in [-0.2, 0) is 4.74 Å². The lowest BCUT2D eigenvalue weighted by Crippen LogP contribution is -2.50.